The second-order valence-electron chi connectivity index (χ2n) is 7.89. The maximum atomic E-state index is 12.6. The van der Waals surface area contributed by atoms with Crippen molar-refractivity contribution in [3.05, 3.63) is 83.9 Å². The van der Waals surface area contributed by atoms with Crippen molar-refractivity contribution in [2.24, 2.45) is 0 Å². The normalized spacial score (nSPS) is 13.7. The zero-order valence-electron chi connectivity index (χ0n) is 18.2. The van der Waals surface area contributed by atoms with Gasteiger partial charge in [0.05, 0.1) is 0 Å². The molecule has 0 spiro atoms. The summed E-state index contributed by atoms with van der Waals surface area (Å²) >= 11 is 0. The van der Waals surface area contributed by atoms with E-state index in [2.05, 4.69) is 42.3 Å². The highest BCUT2D eigenvalue weighted by molar-refractivity contribution is 5.78. The van der Waals surface area contributed by atoms with Gasteiger partial charge in [-0.25, -0.2) is 0 Å². The first-order valence-corrected chi connectivity index (χ1v) is 10.7. The molecule has 3 aromatic rings. The standard InChI is InChI=1S/C26H29N3O2/c1-20-7-6-10-25(21(20)2)28-15-17-29(18-16-28)26(30)19-31-24-13-11-23(12-14-24)27-22-8-4-3-5-9-22/h3-14,27H,15-19H2,1-2H3. The second-order valence-corrected chi connectivity index (χ2v) is 7.89. The first-order valence-electron chi connectivity index (χ1n) is 10.7. The van der Waals surface area contributed by atoms with E-state index in [1.165, 1.54) is 16.8 Å². The third-order valence-electron chi connectivity index (χ3n) is 5.83. The van der Waals surface area contributed by atoms with Gasteiger partial charge in [0, 0.05) is 43.2 Å². The van der Waals surface area contributed by atoms with Crippen LogP contribution in [0.15, 0.2) is 72.8 Å². The summed E-state index contributed by atoms with van der Waals surface area (Å²) in [6.07, 6.45) is 0. The van der Waals surface area contributed by atoms with Gasteiger partial charge in [0.1, 0.15) is 5.75 Å². The summed E-state index contributed by atoms with van der Waals surface area (Å²) in [5, 5.41) is 3.34. The van der Waals surface area contributed by atoms with Crippen LogP contribution in [0.1, 0.15) is 11.1 Å². The summed E-state index contributed by atoms with van der Waals surface area (Å²) in [6, 6.07) is 24.1. The Hall–Kier alpha value is -3.47. The number of benzene rings is 3. The van der Waals surface area contributed by atoms with Crippen molar-refractivity contribution >= 4 is 23.0 Å². The van der Waals surface area contributed by atoms with Gasteiger partial charge in [-0.1, -0.05) is 30.3 Å². The average Bonchev–Trinajstić information content (AvgIpc) is 2.81. The highest BCUT2D eigenvalue weighted by atomic mass is 16.5. The van der Waals surface area contributed by atoms with Gasteiger partial charge in [-0.05, 0) is 67.4 Å². The molecule has 1 heterocycles. The van der Waals surface area contributed by atoms with Gasteiger partial charge in [0.15, 0.2) is 6.61 Å². The summed E-state index contributed by atoms with van der Waals surface area (Å²) in [4.78, 5) is 16.9. The van der Waals surface area contributed by atoms with Crippen molar-refractivity contribution in [3.63, 3.8) is 0 Å². The fraction of sp³-hybridized carbons (Fsp3) is 0.269. The summed E-state index contributed by atoms with van der Waals surface area (Å²) in [7, 11) is 0. The van der Waals surface area contributed by atoms with Crippen LogP contribution in [0.3, 0.4) is 0 Å². The van der Waals surface area contributed by atoms with Crippen LogP contribution < -0.4 is 15.0 Å². The molecule has 4 rings (SSSR count). The van der Waals surface area contributed by atoms with E-state index in [-0.39, 0.29) is 12.5 Å². The number of nitrogens with one attached hydrogen (secondary N) is 1. The highest BCUT2D eigenvalue weighted by Crippen LogP contribution is 2.24. The molecule has 0 radical (unpaired) electrons. The maximum Gasteiger partial charge on any atom is 0.260 e. The van der Waals surface area contributed by atoms with Crippen molar-refractivity contribution in [2.75, 3.05) is 43.0 Å². The molecule has 0 saturated carbocycles. The molecule has 1 aliphatic rings. The average molecular weight is 416 g/mol. The van der Waals surface area contributed by atoms with Crippen molar-refractivity contribution in [3.8, 4) is 5.75 Å². The van der Waals surface area contributed by atoms with E-state index in [9.17, 15) is 4.79 Å². The minimum atomic E-state index is 0.0344. The van der Waals surface area contributed by atoms with Gasteiger partial charge in [-0.3, -0.25) is 4.79 Å². The lowest BCUT2D eigenvalue weighted by molar-refractivity contribution is -0.133. The molecule has 0 aliphatic carbocycles. The fourth-order valence-electron chi connectivity index (χ4n) is 3.83. The number of amides is 1. The number of hydrogen-bond donors (Lipinski definition) is 1. The molecule has 1 amide bonds. The van der Waals surface area contributed by atoms with Crippen LogP contribution in [0.5, 0.6) is 5.75 Å². The molecule has 31 heavy (non-hydrogen) atoms. The van der Waals surface area contributed by atoms with Crippen molar-refractivity contribution in [1.29, 1.82) is 0 Å². The van der Waals surface area contributed by atoms with Crippen LogP contribution in [-0.2, 0) is 4.79 Å². The van der Waals surface area contributed by atoms with Crippen LogP contribution in [0.25, 0.3) is 0 Å². The van der Waals surface area contributed by atoms with Gasteiger partial charge >= 0.3 is 0 Å². The molecular weight excluding hydrogens is 386 g/mol. The van der Waals surface area contributed by atoms with Crippen molar-refractivity contribution < 1.29 is 9.53 Å². The topological polar surface area (TPSA) is 44.8 Å². The van der Waals surface area contributed by atoms with E-state index in [0.717, 1.165) is 37.6 Å². The van der Waals surface area contributed by atoms with E-state index in [0.29, 0.717) is 5.75 Å². The Morgan fingerprint density at radius 2 is 1.52 bits per heavy atom. The van der Waals surface area contributed by atoms with E-state index < -0.39 is 0 Å². The Morgan fingerprint density at radius 1 is 0.839 bits per heavy atom. The smallest absolute Gasteiger partial charge is 0.260 e. The Kier molecular flexibility index (Phi) is 6.41. The van der Waals surface area contributed by atoms with E-state index in [1.807, 2.05) is 59.5 Å². The van der Waals surface area contributed by atoms with Crippen LogP contribution in [0.4, 0.5) is 17.1 Å². The number of nitrogens with zero attached hydrogens (tertiary/aromatic N) is 2. The number of piperazine rings is 1. The minimum Gasteiger partial charge on any atom is -0.484 e. The number of carbonyl (C=O) groups is 1. The second kappa shape index (κ2) is 9.56. The lowest BCUT2D eigenvalue weighted by Gasteiger charge is -2.37. The molecule has 1 fully saturated rings. The predicted octanol–water partition coefficient (Wildman–Crippen LogP) is 4.77. The van der Waals surface area contributed by atoms with E-state index in [1.54, 1.807) is 0 Å². The summed E-state index contributed by atoms with van der Waals surface area (Å²) in [6.45, 7) is 7.49. The Bertz CT molecular complexity index is 1010. The lowest BCUT2D eigenvalue weighted by Crippen LogP contribution is -2.50. The quantitative estimate of drug-likeness (QED) is 0.630. The number of hydrogen-bond acceptors (Lipinski definition) is 4. The predicted molar refractivity (Wildman–Crippen MR) is 126 cm³/mol. The molecule has 0 bridgehead atoms. The Balaban J connectivity index is 1.25. The van der Waals surface area contributed by atoms with Gasteiger partial charge in [-0.2, -0.15) is 0 Å². The van der Waals surface area contributed by atoms with Gasteiger partial charge < -0.3 is 19.9 Å². The number of aryl methyl sites for hydroxylation is 1. The number of para-hydroxylation sites is 1. The van der Waals surface area contributed by atoms with Crippen LogP contribution >= 0.6 is 0 Å². The molecule has 1 aliphatic heterocycles. The third kappa shape index (κ3) is 5.18. The molecule has 0 atom stereocenters. The van der Waals surface area contributed by atoms with E-state index >= 15 is 0 Å². The molecule has 5 heteroatoms. The third-order valence-corrected chi connectivity index (χ3v) is 5.83. The number of ether oxygens (including phenoxy) is 1. The maximum absolute atomic E-state index is 12.6. The van der Waals surface area contributed by atoms with Gasteiger partial charge in [0.25, 0.3) is 5.91 Å². The summed E-state index contributed by atoms with van der Waals surface area (Å²) in [5.74, 6) is 0.730. The SMILES string of the molecule is Cc1cccc(N2CCN(C(=O)COc3ccc(Nc4ccccc4)cc3)CC2)c1C. The monoisotopic (exact) mass is 415 g/mol. The molecule has 160 valence electrons. The van der Waals surface area contributed by atoms with Crippen LogP contribution in [0.2, 0.25) is 0 Å². The number of anilines is 3. The molecule has 1 saturated heterocycles. The van der Waals surface area contributed by atoms with Crippen molar-refractivity contribution in [2.45, 2.75) is 13.8 Å². The Labute approximate surface area is 184 Å². The molecule has 5 nitrogen and oxygen atoms in total. The number of carbonyl (C=O) groups excluding carboxylic acids is 1. The molecule has 0 aromatic heterocycles. The fourth-order valence-corrected chi connectivity index (χ4v) is 3.83. The first-order chi connectivity index (χ1) is 15.1. The highest BCUT2D eigenvalue weighted by Gasteiger charge is 2.22. The largest absolute Gasteiger partial charge is 0.484 e. The molecule has 1 N–H and O–H groups in total. The summed E-state index contributed by atoms with van der Waals surface area (Å²) in [5.41, 5.74) is 5.90. The summed E-state index contributed by atoms with van der Waals surface area (Å²) < 4.78 is 5.74. The Morgan fingerprint density at radius 3 is 2.23 bits per heavy atom. The van der Waals surface area contributed by atoms with E-state index in [4.69, 9.17) is 4.74 Å². The number of rotatable bonds is 6. The molecule has 3 aromatic carbocycles. The van der Waals surface area contributed by atoms with Gasteiger partial charge in [-0.15, -0.1) is 0 Å². The molecular formula is C26H29N3O2. The lowest BCUT2D eigenvalue weighted by atomic mass is 10.1. The zero-order chi connectivity index (χ0) is 21.6. The van der Waals surface area contributed by atoms with Crippen LogP contribution in [0, 0.1) is 13.8 Å². The first kappa shape index (κ1) is 20.8. The zero-order valence-corrected chi connectivity index (χ0v) is 18.2. The molecule has 0 unspecified atom stereocenters. The van der Waals surface area contributed by atoms with Crippen molar-refractivity contribution in [1.82, 2.24) is 4.90 Å². The van der Waals surface area contributed by atoms with Crippen LogP contribution in [-0.4, -0.2) is 43.6 Å². The van der Waals surface area contributed by atoms with Gasteiger partial charge in [0.2, 0.25) is 0 Å². The minimum absolute atomic E-state index is 0.0344.